The molecule has 0 unspecified atom stereocenters. The van der Waals surface area contributed by atoms with Gasteiger partial charge in [0.1, 0.15) is 17.9 Å². The second-order valence-corrected chi connectivity index (χ2v) is 7.05. The number of rotatable bonds is 5. The van der Waals surface area contributed by atoms with E-state index in [0.717, 1.165) is 18.2 Å². The molecule has 0 radical (unpaired) electrons. The molecule has 1 fully saturated rings. The molecular weight excluding hydrogens is 382 g/mol. The van der Waals surface area contributed by atoms with Crippen molar-refractivity contribution in [1.29, 1.82) is 0 Å². The van der Waals surface area contributed by atoms with E-state index in [-0.39, 0.29) is 11.8 Å². The highest BCUT2D eigenvalue weighted by Crippen LogP contribution is 2.34. The van der Waals surface area contributed by atoms with E-state index >= 15 is 0 Å². The molecule has 30 heavy (non-hydrogen) atoms. The average Bonchev–Trinajstić information content (AvgIpc) is 2.78. The van der Waals surface area contributed by atoms with Crippen molar-refractivity contribution < 1.29 is 14.3 Å². The van der Waals surface area contributed by atoms with Crippen LogP contribution in [0.2, 0.25) is 0 Å². The zero-order valence-electron chi connectivity index (χ0n) is 16.9. The Morgan fingerprint density at radius 3 is 2.77 bits per heavy atom. The van der Waals surface area contributed by atoms with Crippen LogP contribution in [0.1, 0.15) is 29.6 Å². The second-order valence-electron chi connectivity index (χ2n) is 7.05. The van der Waals surface area contributed by atoms with Crippen LogP contribution in [0, 0.1) is 0 Å². The van der Waals surface area contributed by atoms with Gasteiger partial charge in [-0.3, -0.25) is 9.59 Å². The highest BCUT2D eigenvalue weighted by atomic mass is 16.5. The van der Waals surface area contributed by atoms with E-state index in [2.05, 4.69) is 20.6 Å². The Morgan fingerprint density at radius 1 is 1.13 bits per heavy atom. The first kappa shape index (κ1) is 19.6. The van der Waals surface area contributed by atoms with Gasteiger partial charge in [0.25, 0.3) is 5.91 Å². The summed E-state index contributed by atoms with van der Waals surface area (Å²) in [6.45, 7) is 0.644. The van der Waals surface area contributed by atoms with Crippen molar-refractivity contribution in [3.8, 4) is 5.75 Å². The van der Waals surface area contributed by atoms with Crippen molar-refractivity contribution in [3.63, 3.8) is 0 Å². The van der Waals surface area contributed by atoms with E-state index in [4.69, 9.17) is 4.74 Å². The van der Waals surface area contributed by atoms with E-state index in [9.17, 15) is 9.59 Å². The van der Waals surface area contributed by atoms with Crippen LogP contribution in [0.4, 0.5) is 17.2 Å². The Bertz CT molecular complexity index is 1120. The highest BCUT2D eigenvalue weighted by molar-refractivity contribution is 6.07. The van der Waals surface area contributed by atoms with Crippen LogP contribution in [0.5, 0.6) is 5.75 Å². The van der Waals surface area contributed by atoms with Crippen molar-refractivity contribution in [3.05, 3.63) is 48.3 Å². The van der Waals surface area contributed by atoms with Crippen molar-refractivity contribution in [1.82, 2.24) is 9.97 Å². The van der Waals surface area contributed by atoms with Gasteiger partial charge >= 0.3 is 0 Å². The van der Waals surface area contributed by atoms with Gasteiger partial charge in [-0.1, -0.05) is 0 Å². The number of carbonyl (C=O) groups excluding carboxylic acids is 2. The van der Waals surface area contributed by atoms with Gasteiger partial charge in [-0.15, -0.1) is 0 Å². The number of amides is 2. The SMILES string of the molecule is CNc1ncnc2cc(C(=O)Nc3ccc(OC)c(N4CCCCC4=O)c3)ccc12. The number of hydrogen-bond donors (Lipinski definition) is 2. The van der Waals surface area contributed by atoms with Crippen molar-refractivity contribution in [2.24, 2.45) is 0 Å². The maximum absolute atomic E-state index is 12.8. The summed E-state index contributed by atoms with van der Waals surface area (Å²) >= 11 is 0. The second kappa shape index (κ2) is 8.36. The minimum Gasteiger partial charge on any atom is -0.495 e. The normalized spacial score (nSPS) is 13.9. The third-order valence-corrected chi connectivity index (χ3v) is 5.19. The van der Waals surface area contributed by atoms with E-state index in [1.807, 2.05) is 6.07 Å². The van der Waals surface area contributed by atoms with Crippen LogP contribution in [-0.4, -0.2) is 42.5 Å². The Labute approximate surface area is 174 Å². The first-order valence-electron chi connectivity index (χ1n) is 9.83. The standard InChI is InChI=1S/C22H23N5O3/c1-23-21-16-8-6-14(11-17(16)24-13-25-21)22(29)26-15-7-9-19(30-2)18(12-15)27-10-4-3-5-20(27)28/h6-9,11-13H,3-5,10H2,1-2H3,(H,26,29)(H,23,24,25). The first-order valence-corrected chi connectivity index (χ1v) is 9.83. The molecule has 0 saturated carbocycles. The van der Waals surface area contributed by atoms with Crippen LogP contribution in [0.25, 0.3) is 10.9 Å². The fraction of sp³-hybridized carbons (Fsp3) is 0.273. The lowest BCUT2D eigenvalue weighted by molar-refractivity contribution is -0.119. The fourth-order valence-electron chi connectivity index (χ4n) is 3.64. The molecule has 2 amide bonds. The summed E-state index contributed by atoms with van der Waals surface area (Å²) in [5, 5.41) is 6.76. The van der Waals surface area contributed by atoms with Gasteiger partial charge in [0.15, 0.2) is 0 Å². The molecule has 154 valence electrons. The number of anilines is 3. The Kier molecular flexibility index (Phi) is 5.47. The molecule has 0 atom stereocenters. The highest BCUT2D eigenvalue weighted by Gasteiger charge is 2.23. The number of nitrogens with one attached hydrogen (secondary N) is 2. The van der Waals surface area contributed by atoms with Crippen molar-refractivity contribution >= 4 is 39.9 Å². The molecule has 8 heteroatoms. The van der Waals surface area contributed by atoms with Crippen LogP contribution in [-0.2, 0) is 4.79 Å². The Hall–Kier alpha value is -3.68. The lowest BCUT2D eigenvalue weighted by atomic mass is 10.1. The summed E-state index contributed by atoms with van der Waals surface area (Å²) in [4.78, 5) is 35.4. The van der Waals surface area contributed by atoms with Crippen molar-refractivity contribution in [2.75, 3.05) is 36.2 Å². The Morgan fingerprint density at radius 2 is 2.00 bits per heavy atom. The summed E-state index contributed by atoms with van der Waals surface area (Å²) in [5.41, 5.74) is 2.42. The lowest BCUT2D eigenvalue weighted by Gasteiger charge is -2.28. The minimum absolute atomic E-state index is 0.0672. The number of methoxy groups -OCH3 is 1. The molecule has 1 aromatic heterocycles. The Balaban J connectivity index is 1.61. The van der Waals surface area contributed by atoms with Gasteiger partial charge in [0.05, 0.1) is 18.3 Å². The third-order valence-electron chi connectivity index (χ3n) is 5.19. The number of piperidine rings is 1. The number of nitrogens with zero attached hydrogens (tertiary/aromatic N) is 3. The predicted octanol–water partition coefficient (Wildman–Crippen LogP) is 3.45. The summed E-state index contributed by atoms with van der Waals surface area (Å²) in [5.74, 6) is 1.11. The summed E-state index contributed by atoms with van der Waals surface area (Å²) in [7, 11) is 3.36. The minimum atomic E-state index is -0.261. The maximum atomic E-state index is 12.8. The molecule has 3 aromatic rings. The molecule has 0 aliphatic carbocycles. The summed E-state index contributed by atoms with van der Waals surface area (Å²) in [6.07, 6.45) is 3.82. The van der Waals surface area contributed by atoms with Gasteiger partial charge in [-0.25, -0.2) is 9.97 Å². The summed E-state index contributed by atoms with van der Waals surface area (Å²) < 4.78 is 5.43. The van der Waals surface area contributed by atoms with Crippen LogP contribution >= 0.6 is 0 Å². The maximum Gasteiger partial charge on any atom is 0.255 e. The molecule has 1 saturated heterocycles. The first-order chi connectivity index (χ1) is 14.6. The van der Waals surface area contributed by atoms with Gasteiger partial charge in [0, 0.05) is 36.7 Å². The molecular formula is C22H23N5O3. The van der Waals surface area contributed by atoms with Gasteiger partial charge in [-0.2, -0.15) is 0 Å². The zero-order valence-corrected chi connectivity index (χ0v) is 16.9. The number of hydrogen-bond acceptors (Lipinski definition) is 6. The lowest BCUT2D eigenvalue weighted by Crippen LogP contribution is -2.35. The largest absolute Gasteiger partial charge is 0.495 e. The monoisotopic (exact) mass is 405 g/mol. The van der Waals surface area contributed by atoms with Crippen molar-refractivity contribution in [2.45, 2.75) is 19.3 Å². The number of carbonyl (C=O) groups is 2. The topological polar surface area (TPSA) is 96.4 Å². The average molecular weight is 405 g/mol. The third kappa shape index (κ3) is 3.76. The number of aromatic nitrogens is 2. The van der Waals surface area contributed by atoms with Crippen LogP contribution in [0.3, 0.4) is 0 Å². The molecule has 2 N–H and O–H groups in total. The van der Waals surface area contributed by atoms with Gasteiger partial charge in [-0.05, 0) is 49.2 Å². The molecule has 2 heterocycles. The van der Waals surface area contributed by atoms with E-state index < -0.39 is 0 Å². The van der Waals surface area contributed by atoms with Gasteiger partial charge < -0.3 is 20.3 Å². The molecule has 2 aromatic carbocycles. The number of benzene rings is 2. The van der Waals surface area contributed by atoms with E-state index in [1.54, 1.807) is 49.4 Å². The smallest absolute Gasteiger partial charge is 0.255 e. The number of ether oxygens (including phenoxy) is 1. The molecule has 0 bridgehead atoms. The van der Waals surface area contributed by atoms with E-state index in [0.29, 0.717) is 47.0 Å². The van der Waals surface area contributed by atoms with Gasteiger partial charge in [0.2, 0.25) is 5.91 Å². The fourth-order valence-corrected chi connectivity index (χ4v) is 3.64. The zero-order chi connectivity index (χ0) is 21.1. The molecule has 1 aliphatic rings. The molecule has 0 spiro atoms. The molecule has 8 nitrogen and oxygen atoms in total. The predicted molar refractivity (Wildman–Crippen MR) is 116 cm³/mol. The number of fused-ring (bicyclic) bond motifs is 1. The quantitative estimate of drug-likeness (QED) is 0.675. The van der Waals surface area contributed by atoms with E-state index in [1.165, 1.54) is 6.33 Å². The molecule has 4 rings (SSSR count). The summed E-state index contributed by atoms with van der Waals surface area (Å²) in [6, 6.07) is 10.6. The van der Waals surface area contributed by atoms with Crippen LogP contribution < -0.4 is 20.3 Å². The van der Waals surface area contributed by atoms with Crippen LogP contribution in [0.15, 0.2) is 42.7 Å². The molecule has 1 aliphatic heterocycles.